The van der Waals surface area contributed by atoms with Crippen LogP contribution in [0, 0.1) is 0 Å². The summed E-state index contributed by atoms with van der Waals surface area (Å²) in [6.45, 7) is 1.57. The highest BCUT2D eigenvalue weighted by molar-refractivity contribution is 5.97. The smallest absolute Gasteiger partial charge is 0.251 e. The van der Waals surface area contributed by atoms with Crippen LogP contribution in [0.1, 0.15) is 41.6 Å². The Morgan fingerprint density at radius 1 is 0.846 bits per heavy atom. The molecule has 4 heteroatoms. The van der Waals surface area contributed by atoms with E-state index in [9.17, 15) is 9.59 Å². The molecule has 1 aliphatic heterocycles. The number of likely N-dealkylation sites (tertiary alicyclic amines) is 1. The van der Waals surface area contributed by atoms with Gasteiger partial charge in [0.1, 0.15) is 6.04 Å². The van der Waals surface area contributed by atoms with Gasteiger partial charge in [-0.05, 0) is 30.5 Å². The predicted molar refractivity (Wildman–Crippen MR) is 103 cm³/mol. The second kappa shape index (κ2) is 9.18. The number of hydrogen-bond donors (Lipinski definition) is 1. The first kappa shape index (κ1) is 18.2. The van der Waals surface area contributed by atoms with E-state index in [0.29, 0.717) is 12.0 Å². The monoisotopic (exact) mass is 350 g/mol. The molecule has 0 bridgehead atoms. The summed E-state index contributed by atoms with van der Waals surface area (Å²) >= 11 is 0. The molecule has 4 nitrogen and oxygen atoms in total. The van der Waals surface area contributed by atoms with Gasteiger partial charge in [0.05, 0.1) is 0 Å². The highest BCUT2D eigenvalue weighted by Crippen LogP contribution is 2.13. The molecule has 1 N–H and O–H groups in total. The topological polar surface area (TPSA) is 49.4 Å². The molecule has 3 rings (SSSR count). The third-order valence-corrected chi connectivity index (χ3v) is 4.84. The molecule has 2 aromatic rings. The van der Waals surface area contributed by atoms with Crippen LogP contribution >= 0.6 is 0 Å². The fourth-order valence-electron chi connectivity index (χ4n) is 3.39. The van der Waals surface area contributed by atoms with Crippen molar-refractivity contribution in [3.05, 3.63) is 71.8 Å². The normalized spacial score (nSPS) is 15.8. The fourth-order valence-corrected chi connectivity index (χ4v) is 3.39. The van der Waals surface area contributed by atoms with Crippen molar-refractivity contribution in [1.82, 2.24) is 10.2 Å². The lowest BCUT2D eigenvalue weighted by Crippen LogP contribution is -2.50. The third kappa shape index (κ3) is 4.94. The summed E-state index contributed by atoms with van der Waals surface area (Å²) in [4.78, 5) is 27.7. The summed E-state index contributed by atoms with van der Waals surface area (Å²) < 4.78 is 0. The molecule has 0 aromatic heterocycles. The lowest BCUT2D eigenvalue weighted by atomic mass is 10.0. The first-order valence-electron chi connectivity index (χ1n) is 9.42. The Labute approximate surface area is 155 Å². The molecule has 1 atom stereocenters. The standard InChI is InChI=1S/C22H26N2O2/c25-21(19-13-7-4-8-14-19)23-20(17-18-11-5-3-6-12-18)22(26)24-15-9-1-2-10-16-24/h3-8,11-14,20H,1-2,9-10,15-17H2,(H,23,25)/t20-/m1/s1. The Balaban J connectivity index is 1.76. The number of nitrogens with one attached hydrogen (secondary N) is 1. The fraction of sp³-hybridized carbons (Fsp3) is 0.364. The van der Waals surface area contributed by atoms with Gasteiger partial charge in [0, 0.05) is 25.1 Å². The number of hydrogen-bond acceptors (Lipinski definition) is 2. The van der Waals surface area contributed by atoms with Crippen LogP contribution in [0.5, 0.6) is 0 Å². The molecule has 26 heavy (non-hydrogen) atoms. The van der Waals surface area contributed by atoms with E-state index in [-0.39, 0.29) is 11.8 Å². The quantitative estimate of drug-likeness (QED) is 0.898. The van der Waals surface area contributed by atoms with Gasteiger partial charge in [-0.3, -0.25) is 9.59 Å². The van der Waals surface area contributed by atoms with Gasteiger partial charge in [-0.2, -0.15) is 0 Å². The van der Waals surface area contributed by atoms with Crippen molar-refractivity contribution in [3.8, 4) is 0 Å². The van der Waals surface area contributed by atoms with E-state index in [0.717, 1.165) is 31.5 Å². The summed E-state index contributed by atoms with van der Waals surface area (Å²) in [6.07, 6.45) is 4.93. The van der Waals surface area contributed by atoms with Crippen LogP contribution in [0.25, 0.3) is 0 Å². The van der Waals surface area contributed by atoms with Crippen LogP contribution in [0.3, 0.4) is 0 Å². The van der Waals surface area contributed by atoms with E-state index >= 15 is 0 Å². The lowest BCUT2D eigenvalue weighted by Gasteiger charge is -2.27. The Kier molecular flexibility index (Phi) is 6.42. The molecule has 2 amide bonds. The molecule has 0 unspecified atom stereocenters. The van der Waals surface area contributed by atoms with Gasteiger partial charge in [-0.25, -0.2) is 0 Å². The van der Waals surface area contributed by atoms with Crippen LogP contribution in [0.2, 0.25) is 0 Å². The van der Waals surface area contributed by atoms with Crippen molar-refractivity contribution in [3.63, 3.8) is 0 Å². The average molecular weight is 350 g/mol. The van der Waals surface area contributed by atoms with Gasteiger partial charge in [0.2, 0.25) is 5.91 Å². The zero-order valence-electron chi connectivity index (χ0n) is 15.1. The first-order chi connectivity index (χ1) is 12.7. The Bertz CT molecular complexity index is 707. The number of carbonyl (C=O) groups is 2. The maximum Gasteiger partial charge on any atom is 0.251 e. The number of benzene rings is 2. The van der Waals surface area contributed by atoms with Crippen molar-refractivity contribution < 1.29 is 9.59 Å². The molecule has 1 aliphatic rings. The number of carbonyl (C=O) groups excluding carboxylic acids is 2. The maximum atomic E-state index is 13.1. The molecular formula is C22H26N2O2. The first-order valence-corrected chi connectivity index (χ1v) is 9.42. The van der Waals surface area contributed by atoms with E-state index in [2.05, 4.69) is 5.32 Å². The molecule has 136 valence electrons. The summed E-state index contributed by atoms with van der Waals surface area (Å²) in [5.74, 6) is -0.172. The minimum absolute atomic E-state index is 0.0278. The Morgan fingerprint density at radius 3 is 2.04 bits per heavy atom. The van der Waals surface area contributed by atoms with Gasteiger partial charge < -0.3 is 10.2 Å². The number of rotatable bonds is 5. The molecule has 1 heterocycles. The maximum absolute atomic E-state index is 13.1. The molecule has 1 saturated heterocycles. The van der Waals surface area contributed by atoms with Gasteiger partial charge in [-0.15, -0.1) is 0 Å². The second-order valence-corrected chi connectivity index (χ2v) is 6.82. The van der Waals surface area contributed by atoms with E-state index in [4.69, 9.17) is 0 Å². The molecule has 0 spiro atoms. The van der Waals surface area contributed by atoms with E-state index < -0.39 is 6.04 Å². The zero-order valence-corrected chi connectivity index (χ0v) is 15.1. The highest BCUT2D eigenvalue weighted by Gasteiger charge is 2.27. The minimum atomic E-state index is -0.539. The van der Waals surface area contributed by atoms with Gasteiger partial charge >= 0.3 is 0 Å². The van der Waals surface area contributed by atoms with Crippen molar-refractivity contribution in [2.24, 2.45) is 0 Å². The third-order valence-electron chi connectivity index (χ3n) is 4.84. The van der Waals surface area contributed by atoms with Crippen LogP contribution in [-0.2, 0) is 11.2 Å². The molecular weight excluding hydrogens is 324 g/mol. The lowest BCUT2D eigenvalue weighted by molar-refractivity contribution is -0.133. The van der Waals surface area contributed by atoms with Crippen LogP contribution < -0.4 is 5.32 Å². The van der Waals surface area contributed by atoms with Crippen LogP contribution in [-0.4, -0.2) is 35.8 Å². The number of amides is 2. The summed E-state index contributed by atoms with van der Waals surface area (Å²) in [7, 11) is 0. The van der Waals surface area contributed by atoms with E-state index in [1.54, 1.807) is 12.1 Å². The van der Waals surface area contributed by atoms with Crippen molar-refractivity contribution in [2.45, 2.75) is 38.1 Å². The predicted octanol–water partition coefficient (Wildman–Crippen LogP) is 3.43. The van der Waals surface area contributed by atoms with Crippen LogP contribution in [0.4, 0.5) is 0 Å². The Morgan fingerprint density at radius 2 is 1.42 bits per heavy atom. The van der Waals surface area contributed by atoms with Gasteiger partial charge in [0.15, 0.2) is 0 Å². The largest absolute Gasteiger partial charge is 0.341 e. The van der Waals surface area contributed by atoms with Crippen molar-refractivity contribution >= 4 is 11.8 Å². The van der Waals surface area contributed by atoms with E-state index in [1.807, 2.05) is 53.4 Å². The molecule has 1 fully saturated rings. The minimum Gasteiger partial charge on any atom is -0.341 e. The zero-order chi connectivity index (χ0) is 18.2. The SMILES string of the molecule is O=C(N[C@H](Cc1ccccc1)C(=O)N1CCCCCC1)c1ccccc1. The second-order valence-electron chi connectivity index (χ2n) is 6.82. The van der Waals surface area contributed by atoms with Gasteiger partial charge in [-0.1, -0.05) is 61.4 Å². The van der Waals surface area contributed by atoms with Crippen LogP contribution in [0.15, 0.2) is 60.7 Å². The Hall–Kier alpha value is -2.62. The molecule has 0 saturated carbocycles. The van der Waals surface area contributed by atoms with E-state index in [1.165, 1.54) is 12.8 Å². The van der Waals surface area contributed by atoms with Crippen molar-refractivity contribution in [1.29, 1.82) is 0 Å². The van der Waals surface area contributed by atoms with Gasteiger partial charge in [0.25, 0.3) is 5.91 Å². The molecule has 2 aromatic carbocycles. The highest BCUT2D eigenvalue weighted by atomic mass is 16.2. The average Bonchev–Trinajstić information content (AvgIpc) is 2.98. The summed E-state index contributed by atoms with van der Waals surface area (Å²) in [5.41, 5.74) is 1.63. The number of nitrogens with zero attached hydrogens (tertiary/aromatic N) is 1. The summed E-state index contributed by atoms with van der Waals surface area (Å²) in [5, 5.41) is 2.97. The summed E-state index contributed by atoms with van der Waals surface area (Å²) in [6, 6.07) is 18.4. The molecule has 0 aliphatic carbocycles. The van der Waals surface area contributed by atoms with Crippen molar-refractivity contribution in [2.75, 3.05) is 13.1 Å². The molecule has 0 radical (unpaired) electrons.